The summed E-state index contributed by atoms with van der Waals surface area (Å²) in [7, 11) is 0. The Bertz CT molecular complexity index is 5420. The molecule has 0 fully saturated rings. The van der Waals surface area contributed by atoms with Crippen LogP contribution < -0.4 is 4.90 Å². The average Bonchev–Trinajstić information content (AvgIpc) is 1.54. The predicted octanol–water partition coefficient (Wildman–Crippen LogP) is 26.5. The van der Waals surface area contributed by atoms with Gasteiger partial charge in [-0.3, -0.25) is 0 Å². The van der Waals surface area contributed by atoms with E-state index in [1.807, 2.05) is 36.4 Å². The lowest BCUT2D eigenvalue weighted by molar-refractivity contribution is 0.0102. The molecule has 0 aromatic heterocycles. The van der Waals surface area contributed by atoms with Crippen molar-refractivity contribution in [3.05, 3.63) is 380 Å². The van der Waals surface area contributed by atoms with Crippen LogP contribution in [-0.4, -0.2) is 41.4 Å². The topological polar surface area (TPSA) is 34.2 Å². The third-order valence-corrected chi connectivity index (χ3v) is 29.0. The highest BCUT2D eigenvalue weighted by atomic mass is 19.1. The first kappa shape index (κ1) is 75.0. The molecule has 0 saturated heterocycles. The molecule has 16 atom stereocenters. The van der Waals surface area contributed by atoms with Crippen molar-refractivity contribution < 1.29 is 23.0 Å². The molecule has 5 nitrogen and oxygen atoms in total. The van der Waals surface area contributed by atoms with E-state index < -0.39 is 0 Å². The number of rotatable bonds is 15. The molecule has 5 aromatic carbocycles. The van der Waals surface area contributed by atoms with E-state index >= 15 is 4.39 Å². The van der Waals surface area contributed by atoms with E-state index in [2.05, 4.69) is 254 Å². The molecule has 0 N–H and O–H groups in total. The van der Waals surface area contributed by atoms with Gasteiger partial charge in [-0.2, -0.15) is 0 Å². The number of aryl methyl sites for hydroxylation is 3. The lowest BCUT2D eigenvalue weighted by Crippen LogP contribution is -2.48. The summed E-state index contributed by atoms with van der Waals surface area (Å²) < 4.78 is 51.5. The van der Waals surface area contributed by atoms with Gasteiger partial charge in [-0.1, -0.05) is 220 Å². The van der Waals surface area contributed by atoms with Crippen molar-refractivity contribution in [1.29, 1.82) is 0 Å². The summed E-state index contributed by atoms with van der Waals surface area (Å²) >= 11 is 0. The molecule has 7 heteroatoms. The Morgan fingerprint density at radius 1 is 0.617 bits per heavy atom. The minimum absolute atomic E-state index is 0.00399. The van der Waals surface area contributed by atoms with Gasteiger partial charge >= 0.3 is 0 Å². The maximum absolute atomic E-state index is 15.1. The summed E-state index contributed by atoms with van der Waals surface area (Å²) in [4.78, 5) is 5.66. The number of hydrogen-bond donors (Lipinski definition) is 0. The van der Waals surface area contributed by atoms with Gasteiger partial charge in [-0.05, 0) is 297 Å². The van der Waals surface area contributed by atoms with Crippen molar-refractivity contribution in [2.75, 3.05) is 4.90 Å². The lowest BCUT2D eigenvalue weighted by Gasteiger charge is -2.52. The highest BCUT2D eigenvalue weighted by molar-refractivity contribution is 5.90. The third-order valence-electron chi connectivity index (χ3n) is 29.0. The summed E-state index contributed by atoms with van der Waals surface area (Å²) in [5, 5.41) is 0. The van der Waals surface area contributed by atoms with Crippen molar-refractivity contribution >= 4 is 22.4 Å². The molecule has 3 aliphatic heterocycles. The normalized spacial score (nSPS) is 30.9. The van der Waals surface area contributed by atoms with Gasteiger partial charge in [0.25, 0.3) is 0 Å². The number of benzene rings is 5. The summed E-state index contributed by atoms with van der Waals surface area (Å²) in [5.41, 5.74) is 30.9. The molecular formula is C108H110F2N2O3. The van der Waals surface area contributed by atoms with Crippen molar-refractivity contribution in [3.8, 4) is 11.1 Å². The smallest absolute Gasteiger partial charge is 0.123 e. The van der Waals surface area contributed by atoms with E-state index in [-0.39, 0.29) is 95.0 Å². The van der Waals surface area contributed by atoms with Crippen molar-refractivity contribution in [2.45, 2.75) is 193 Å². The maximum Gasteiger partial charge on any atom is 0.123 e. The van der Waals surface area contributed by atoms with Gasteiger partial charge in [0.1, 0.15) is 35.4 Å². The van der Waals surface area contributed by atoms with E-state index in [4.69, 9.17) is 14.2 Å². The molecule has 15 aliphatic rings. The molecule has 16 unspecified atom stereocenters. The number of allylic oxidation sites excluding steroid dienone is 27. The number of hydrogen-bond acceptors (Lipinski definition) is 5. The van der Waals surface area contributed by atoms with Gasteiger partial charge in [-0.15, -0.1) is 0 Å². The summed E-state index contributed by atoms with van der Waals surface area (Å²) in [5.74, 6) is 3.54. The Labute approximate surface area is 681 Å². The fourth-order valence-electron chi connectivity index (χ4n) is 23.3. The predicted molar refractivity (Wildman–Crippen MR) is 469 cm³/mol. The van der Waals surface area contributed by atoms with Crippen LogP contribution in [0.1, 0.15) is 174 Å². The standard InChI is InChI=1S/C108H110F2N2O3/c1-10-72-24-42-83(43-25-72)113-85-46-32-76(33-47-85)108(102-55-66(4)21-23-68(102)6)101-19-15-14-18-91(101)92-50-39-82(62-103(92)108)111(104-57-69(7)93(56-71(104)9)74-28-34-77(109)35-29-74)80-40-52-106-99(60-80)100-61-81(41-53-107(100)115-106)112-79-38-49-89(96(59-79)95-54-65(3)20-22-67(95)5)87-16-12-13-17-88(87)90-51-48-86(114-84-44-26-73(11-2)27-45-84)63-97(90)98-64-94(70(8)58-105(98)112)75-30-36-78(110)37-31-75/h10-22,24-26,28-32,34-39,42,46-51,54,57-58,60-61,64,68,71,76,79,82-84,86-89,96,99,102,106H,1-2,23,27,33,40-41,43-45,52-53,55-56,59,62-63H2,3-9H3. The fourth-order valence-corrected chi connectivity index (χ4v) is 23.3. The first-order valence-corrected chi connectivity index (χ1v) is 43.2. The molecular weight excluding hydrogens is 1410 g/mol. The summed E-state index contributed by atoms with van der Waals surface area (Å²) in [6.07, 6.45) is 68.6. The van der Waals surface area contributed by atoms with E-state index in [9.17, 15) is 4.39 Å². The van der Waals surface area contributed by atoms with Gasteiger partial charge in [-0.25, -0.2) is 8.78 Å². The molecule has 20 rings (SSSR count). The first-order valence-electron chi connectivity index (χ1n) is 43.2. The van der Waals surface area contributed by atoms with Crippen LogP contribution in [0.2, 0.25) is 0 Å². The summed E-state index contributed by atoms with van der Waals surface area (Å²) in [6, 6.07) is 36.0. The molecule has 3 heterocycles. The van der Waals surface area contributed by atoms with Gasteiger partial charge < -0.3 is 24.0 Å². The number of anilines is 1. The lowest BCUT2D eigenvalue weighted by atomic mass is 9.52. The Hall–Kier alpha value is -10.1. The van der Waals surface area contributed by atoms with Crippen LogP contribution in [0.15, 0.2) is 324 Å². The van der Waals surface area contributed by atoms with Crippen LogP contribution in [0.4, 0.5) is 14.5 Å². The fraction of sp³-hybridized carbons (Fsp3) is 0.352. The minimum atomic E-state index is -0.292. The Kier molecular flexibility index (Phi) is 20.1. The van der Waals surface area contributed by atoms with Crippen LogP contribution in [0.3, 0.4) is 0 Å². The Morgan fingerprint density at radius 2 is 1.43 bits per heavy atom. The van der Waals surface area contributed by atoms with Gasteiger partial charge in [0.2, 0.25) is 0 Å². The maximum atomic E-state index is 15.1. The monoisotopic (exact) mass is 1520 g/mol. The number of halogens is 2. The van der Waals surface area contributed by atoms with E-state index in [1.165, 1.54) is 101 Å². The van der Waals surface area contributed by atoms with Gasteiger partial charge in [0, 0.05) is 76.3 Å². The molecule has 0 saturated carbocycles. The summed E-state index contributed by atoms with van der Waals surface area (Å²) in [6.45, 7) is 24.7. The number of ether oxygens (including phenoxy) is 3. The van der Waals surface area contributed by atoms with Crippen molar-refractivity contribution in [2.24, 2.45) is 47.3 Å². The second kappa shape index (κ2) is 30.8. The zero-order valence-corrected chi connectivity index (χ0v) is 68.2. The molecule has 0 amide bonds. The van der Waals surface area contributed by atoms with Crippen LogP contribution in [0.25, 0.3) is 27.8 Å². The number of nitrogens with zero attached hydrogens (tertiary/aromatic N) is 2. The molecule has 5 aromatic rings. The molecule has 0 spiro atoms. The van der Waals surface area contributed by atoms with Crippen LogP contribution in [0, 0.1) is 79.7 Å². The van der Waals surface area contributed by atoms with Crippen molar-refractivity contribution in [3.63, 3.8) is 0 Å². The van der Waals surface area contributed by atoms with E-state index in [1.54, 1.807) is 29.8 Å². The van der Waals surface area contributed by atoms with Crippen LogP contribution in [-0.2, 0) is 19.6 Å². The zero-order chi connectivity index (χ0) is 78.5. The largest absolute Gasteiger partial charge is 0.493 e. The quantitative estimate of drug-likeness (QED) is 0.0976. The average molecular weight is 1520 g/mol. The highest BCUT2D eigenvalue weighted by Crippen LogP contribution is 2.64. The molecule has 2 bridgehead atoms. The van der Waals surface area contributed by atoms with Crippen LogP contribution in [0.5, 0.6) is 0 Å². The van der Waals surface area contributed by atoms with E-state index in [0.29, 0.717) is 11.8 Å². The second-order valence-electron chi connectivity index (χ2n) is 35.8. The SMILES string of the molecule is C=CC1=CCC(OC2=CCC(C3(C4CC(C)=CCC4C)C4=C(C=CC(N(C5=CC6C7=C(CCC(N8c9cc(C)c(-c%10ccc(F)cc%10)cc9C9=C(C=CC(OC%10CC=C(C=C)CC%10)C9)C9C=CC=CC9C9C=CC8CC9c8cc(C)ccc8C)=C7)OC6CC5)C5=CC(C)=C(c6ccc(F)cc6)CC5C)C4)c4ccccc43)C=C2)C=C1. The Balaban J connectivity index is 0.750. The first-order chi connectivity index (χ1) is 56.0. The van der Waals surface area contributed by atoms with Crippen LogP contribution >= 0.6 is 0 Å². The third kappa shape index (κ3) is 13.7. The van der Waals surface area contributed by atoms with Crippen molar-refractivity contribution in [1.82, 2.24) is 4.90 Å². The minimum Gasteiger partial charge on any atom is -0.493 e. The highest BCUT2D eigenvalue weighted by Gasteiger charge is 2.57. The zero-order valence-electron chi connectivity index (χ0n) is 68.2. The van der Waals surface area contributed by atoms with Gasteiger partial charge in [0.15, 0.2) is 0 Å². The van der Waals surface area contributed by atoms with Gasteiger partial charge in [0.05, 0.1) is 24.3 Å². The second-order valence-corrected chi connectivity index (χ2v) is 35.8. The molecule has 115 heavy (non-hydrogen) atoms. The molecule has 0 radical (unpaired) electrons. The number of fused-ring (bicyclic) bond motifs is 5. The molecule has 12 aliphatic carbocycles. The van der Waals surface area contributed by atoms with E-state index in [0.717, 1.165) is 136 Å². The molecule has 584 valence electrons. The Morgan fingerprint density at radius 3 is 2.22 bits per heavy atom.